The number of nitrogens with one attached hydrogen (secondary N) is 1. The fourth-order valence-corrected chi connectivity index (χ4v) is 3.00. The fourth-order valence-electron chi connectivity index (χ4n) is 3.00. The van der Waals surface area contributed by atoms with Crippen LogP contribution >= 0.6 is 0 Å². The van der Waals surface area contributed by atoms with Crippen LogP contribution < -0.4 is 10.1 Å². The molecule has 0 saturated heterocycles. The number of pyridine rings is 1. The van der Waals surface area contributed by atoms with Crippen molar-refractivity contribution in [3.05, 3.63) is 30.5 Å². The minimum Gasteiger partial charge on any atom is -0.497 e. The summed E-state index contributed by atoms with van der Waals surface area (Å²) in [6.45, 7) is 12.1. The average molecular weight is 315 g/mol. The molecule has 0 aliphatic heterocycles. The van der Waals surface area contributed by atoms with Gasteiger partial charge in [0.1, 0.15) is 5.75 Å². The quantitative estimate of drug-likeness (QED) is 0.793. The van der Waals surface area contributed by atoms with Gasteiger partial charge in [-0.05, 0) is 45.5 Å². The molecule has 0 bridgehead atoms. The summed E-state index contributed by atoms with van der Waals surface area (Å²) in [7, 11) is 1.70. The van der Waals surface area contributed by atoms with E-state index in [2.05, 4.69) is 49.0 Å². The van der Waals surface area contributed by atoms with Crippen molar-refractivity contribution in [2.24, 2.45) is 0 Å². The maximum atomic E-state index is 5.42. The van der Waals surface area contributed by atoms with Gasteiger partial charge in [-0.3, -0.25) is 9.88 Å². The normalized spacial score (nSPS) is 11.9. The highest BCUT2D eigenvalue weighted by Gasteiger charge is 2.24. The number of benzene rings is 1. The molecule has 0 fully saturated rings. The van der Waals surface area contributed by atoms with Crippen LogP contribution in [0.4, 0.5) is 5.69 Å². The van der Waals surface area contributed by atoms with Gasteiger partial charge in [-0.25, -0.2) is 0 Å². The van der Waals surface area contributed by atoms with E-state index in [1.54, 1.807) is 7.11 Å². The van der Waals surface area contributed by atoms with Crippen LogP contribution in [0.5, 0.6) is 5.75 Å². The van der Waals surface area contributed by atoms with Crippen LogP contribution in [0.25, 0.3) is 10.9 Å². The van der Waals surface area contributed by atoms with Crippen molar-refractivity contribution in [3.8, 4) is 5.75 Å². The number of ether oxygens (including phenoxy) is 1. The molecule has 0 radical (unpaired) electrons. The summed E-state index contributed by atoms with van der Waals surface area (Å²) in [6, 6.07) is 8.07. The Bertz CT molecular complexity index is 640. The van der Waals surface area contributed by atoms with Gasteiger partial charge in [0.05, 0.1) is 18.3 Å². The standard InChI is InChI=1S/C19H29N3O/c1-6-11-22(7-2)19(3,4)14-21-17-13-16(23-5)12-15-9-8-10-20-18(15)17/h8-10,12-13,21H,6-7,11,14H2,1-5H3. The Morgan fingerprint density at radius 3 is 2.70 bits per heavy atom. The second-order valence-electron chi connectivity index (χ2n) is 6.50. The summed E-state index contributed by atoms with van der Waals surface area (Å²) in [6.07, 6.45) is 3.00. The van der Waals surface area contributed by atoms with Crippen molar-refractivity contribution in [1.82, 2.24) is 9.88 Å². The highest BCUT2D eigenvalue weighted by Crippen LogP contribution is 2.28. The Labute approximate surface area is 139 Å². The molecule has 126 valence electrons. The first kappa shape index (κ1) is 17.5. The number of rotatable bonds is 8. The van der Waals surface area contributed by atoms with Crippen LogP contribution in [0.1, 0.15) is 34.1 Å². The highest BCUT2D eigenvalue weighted by atomic mass is 16.5. The second-order valence-corrected chi connectivity index (χ2v) is 6.50. The maximum Gasteiger partial charge on any atom is 0.121 e. The molecule has 2 rings (SSSR count). The monoisotopic (exact) mass is 315 g/mol. The van der Waals surface area contributed by atoms with Gasteiger partial charge in [-0.15, -0.1) is 0 Å². The van der Waals surface area contributed by atoms with E-state index >= 15 is 0 Å². The Morgan fingerprint density at radius 2 is 2.04 bits per heavy atom. The van der Waals surface area contributed by atoms with E-state index in [4.69, 9.17) is 4.74 Å². The SMILES string of the molecule is CCCN(CC)C(C)(C)CNc1cc(OC)cc2cccnc12. The predicted molar refractivity (Wildman–Crippen MR) is 98.4 cm³/mol. The average Bonchev–Trinajstić information content (AvgIpc) is 2.57. The zero-order valence-corrected chi connectivity index (χ0v) is 15.0. The summed E-state index contributed by atoms with van der Waals surface area (Å²) in [5.41, 5.74) is 2.10. The van der Waals surface area contributed by atoms with Crippen LogP contribution in [-0.4, -0.2) is 42.2 Å². The number of anilines is 1. The van der Waals surface area contributed by atoms with Crippen molar-refractivity contribution in [1.29, 1.82) is 0 Å². The third-order valence-corrected chi connectivity index (χ3v) is 4.36. The zero-order chi connectivity index (χ0) is 16.9. The lowest BCUT2D eigenvalue weighted by Gasteiger charge is -2.38. The molecule has 0 aliphatic carbocycles. The Kier molecular flexibility index (Phi) is 5.83. The third-order valence-electron chi connectivity index (χ3n) is 4.36. The lowest BCUT2D eigenvalue weighted by molar-refractivity contribution is 0.139. The lowest BCUT2D eigenvalue weighted by Crippen LogP contribution is -2.49. The molecule has 1 aromatic carbocycles. The second kappa shape index (κ2) is 7.64. The van der Waals surface area contributed by atoms with E-state index in [-0.39, 0.29) is 5.54 Å². The molecular weight excluding hydrogens is 286 g/mol. The lowest BCUT2D eigenvalue weighted by atomic mass is 10.0. The predicted octanol–water partition coefficient (Wildman–Crippen LogP) is 4.17. The van der Waals surface area contributed by atoms with E-state index in [0.29, 0.717) is 0 Å². The van der Waals surface area contributed by atoms with Crippen molar-refractivity contribution in [2.75, 3.05) is 32.1 Å². The van der Waals surface area contributed by atoms with Gasteiger partial charge in [0.25, 0.3) is 0 Å². The Balaban J connectivity index is 2.24. The van der Waals surface area contributed by atoms with Crippen LogP contribution in [0.2, 0.25) is 0 Å². The van der Waals surface area contributed by atoms with Gasteiger partial charge < -0.3 is 10.1 Å². The number of fused-ring (bicyclic) bond motifs is 1. The molecule has 4 heteroatoms. The summed E-state index contributed by atoms with van der Waals surface area (Å²) in [5, 5.41) is 4.68. The minimum atomic E-state index is 0.0783. The van der Waals surface area contributed by atoms with E-state index in [1.807, 2.05) is 24.4 Å². The van der Waals surface area contributed by atoms with Gasteiger partial charge in [0.2, 0.25) is 0 Å². The summed E-state index contributed by atoms with van der Waals surface area (Å²) in [5.74, 6) is 0.853. The smallest absolute Gasteiger partial charge is 0.121 e. The molecule has 0 atom stereocenters. The summed E-state index contributed by atoms with van der Waals surface area (Å²) in [4.78, 5) is 7.04. The number of hydrogen-bond donors (Lipinski definition) is 1. The van der Waals surface area contributed by atoms with E-state index in [1.165, 1.54) is 6.42 Å². The number of hydrogen-bond acceptors (Lipinski definition) is 4. The topological polar surface area (TPSA) is 37.4 Å². The zero-order valence-electron chi connectivity index (χ0n) is 15.0. The fraction of sp³-hybridized carbons (Fsp3) is 0.526. The minimum absolute atomic E-state index is 0.0783. The molecule has 1 N–H and O–H groups in total. The number of aromatic nitrogens is 1. The first-order chi connectivity index (χ1) is 11.0. The molecule has 1 aromatic heterocycles. The molecule has 0 unspecified atom stereocenters. The largest absolute Gasteiger partial charge is 0.497 e. The Hall–Kier alpha value is -1.81. The molecule has 0 spiro atoms. The van der Waals surface area contributed by atoms with Gasteiger partial charge in [-0.1, -0.05) is 19.9 Å². The van der Waals surface area contributed by atoms with Gasteiger partial charge in [0.15, 0.2) is 0 Å². The van der Waals surface area contributed by atoms with Crippen molar-refractivity contribution in [2.45, 2.75) is 39.7 Å². The van der Waals surface area contributed by atoms with Gasteiger partial charge in [-0.2, -0.15) is 0 Å². The molecule has 1 heterocycles. The highest BCUT2D eigenvalue weighted by molar-refractivity contribution is 5.91. The van der Waals surface area contributed by atoms with E-state index in [9.17, 15) is 0 Å². The third kappa shape index (κ3) is 4.14. The van der Waals surface area contributed by atoms with Crippen LogP contribution in [0, 0.1) is 0 Å². The van der Waals surface area contributed by atoms with Crippen molar-refractivity contribution < 1.29 is 4.74 Å². The van der Waals surface area contributed by atoms with E-state index in [0.717, 1.165) is 42.0 Å². The molecule has 0 saturated carbocycles. The number of likely N-dealkylation sites (N-methyl/N-ethyl adjacent to an activating group) is 1. The van der Waals surface area contributed by atoms with Gasteiger partial charge in [0, 0.05) is 29.7 Å². The summed E-state index contributed by atoms with van der Waals surface area (Å²) < 4.78 is 5.42. The first-order valence-corrected chi connectivity index (χ1v) is 8.43. The van der Waals surface area contributed by atoms with Crippen LogP contribution in [0.3, 0.4) is 0 Å². The molecule has 2 aromatic rings. The number of nitrogens with zero attached hydrogens (tertiary/aromatic N) is 2. The van der Waals surface area contributed by atoms with E-state index < -0.39 is 0 Å². The van der Waals surface area contributed by atoms with Crippen LogP contribution in [0.15, 0.2) is 30.5 Å². The molecular formula is C19H29N3O. The molecule has 23 heavy (non-hydrogen) atoms. The molecule has 0 aliphatic rings. The van der Waals surface area contributed by atoms with Crippen molar-refractivity contribution >= 4 is 16.6 Å². The van der Waals surface area contributed by atoms with Gasteiger partial charge >= 0.3 is 0 Å². The Morgan fingerprint density at radius 1 is 1.26 bits per heavy atom. The molecule has 0 amide bonds. The maximum absolute atomic E-state index is 5.42. The first-order valence-electron chi connectivity index (χ1n) is 8.43. The van der Waals surface area contributed by atoms with Crippen LogP contribution in [-0.2, 0) is 0 Å². The van der Waals surface area contributed by atoms with Crippen molar-refractivity contribution in [3.63, 3.8) is 0 Å². The summed E-state index contributed by atoms with van der Waals surface area (Å²) >= 11 is 0. The molecule has 4 nitrogen and oxygen atoms in total. The number of methoxy groups -OCH3 is 1.